The Labute approximate surface area is 177 Å². The molecule has 0 bridgehead atoms. The second-order valence-electron chi connectivity index (χ2n) is 9.78. The molecule has 3 aliphatic rings. The zero-order chi connectivity index (χ0) is 21.7. The van der Waals surface area contributed by atoms with E-state index < -0.39 is 11.4 Å². The quantitative estimate of drug-likeness (QED) is 0.765. The van der Waals surface area contributed by atoms with Crippen LogP contribution in [0.2, 0.25) is 0 Å². The largest absolute Gasteiger partial charge is 0.448 e. The van der Waals surface area contributed by atoms with Gasteiger partial charge in [-0.3, -0.25) is 4.79 Å². The van der Waals surface area contributed by atoms with Crippen molar-refractivity contribution in [2.24, 2.45) is 5.92 Å². The molecule has 7 nitrogen and oxygen atoms in total. The van der Waals surface area contributed by atoms with Gasteiger partial charge in [0.25, 0.3) is 11.7 Å². The standard InChI is InChI=1S/C23H32N2O5/c1-13-18-14(10-11-24-20(18)26)12-17-19(13)29-23(5,28-17)15-6-8-16(9-7-15)25-21(27)30-22(2,3)4/h12,15-16H,6-11H2,1-5H3,(H,24,26)(H,25,27)/t15-,16-,23?. The third kappa shape index (κ3) is 3.94. The first-order valence-corrected chi connectivity index (χ1v) is 10.9. The van der Waals surface area contributed by atoms with E-state index in [0.29, 0.717) is 12.3 Å². The van der Waals surface area contributed by atoms with E-state index in [4.69, 9.17) is 14.2 Å². The van der Waals surface area contributed by atoms with E-state index >= 15 is 0 Å². The van der Waals surface area contributed by atoms with Crippen LogP contribution in [0.5, 0.6) is 11.5 Å². The van der Waals surface area contributed by atoms with Crippen LogP contribution in [-0.4, -0.2) is 36.0 Å². The molecule has 1 aromatic rings. The number of hydrogen-bond acceptors (Lipinski definition) is 5. The van der Waals surface area contributed by atoms with Crippen molar-refractivity contribution in [1.82, 2.24) is 10.6 Å². The van der Waals surface area contributed by atoms with Crippen LogP contribution in [0.3, 0.4) is 0 Å². The fourth-order valence-electron chi connectivity index (χ4n) is 4.79. The van der Waals surface area contributed by atoms with Gasteiger partial charge in [-0.1, -0.05) is 0 Å². The summed E-state index contributed by atoms with van der Waals surface area (Å²) >= 11 is 0. The summed E-state index contributed by atoms with van der Waals surface area (Å²) in [6.45, 7) is 10.1. The van der Waals surface area contributed by atoms with Crippen LogP contribution >= 0.6 is 0 Å². The van der Waals surface area contributed by atoms with E-state index in [0.717, 1.165) is 54.5 Å². The summed E-state index contributed by atoms with van der Waals surface area (Å²) in [5, 5.41) is 5.89. The number of rotatable bonds is 2. The molecule has 1 atom stereocenters. The van der Waals surface area contributed by atoms with Crippen molar-refractivity contribution in [2.45, 2.75) is 84.2 Å². The molecule has 2 N–H and O–H groups in total. The van der Waals surface area contributed by atoms with Crippen LogP contribution < -0.4 is 20.1 Å². The lowest BCUT2D eigenvalue weighted by molar-refractivity contribution is -0.121. The van der Waals surface area contributed by atoms with E-state index in [2.05, 4.69) is 10.6 Å². The fourth-order valence-corrected chi connectivity index (χ4v) is 4.79. The van der Waals surface area contributed by atoms with Gasteiger partial charge in [-0.25, -0.2) is 4.79 Å². The first kappa shape index (κ1) is 20.8. The lowest BCUT2D eigenvalue weighted by Crippen LogP contribution is -2.48. The van der Waals surface area contributed by atoms with Crippen LogP contribution in [0.4, 0.5) is 4.79 Å². The first-order valence-electron chi connectivity index (χ1n) is 10.9. The van der Waals surface area contributed by atoms with Crippen molar-refractivity contribution >= 4 is 12.0 Å². The van der Waals surface area contributed by atoms with Crippen LogP contribution in [0.15, 0.2) is 6.07 Å². The maximum absolute atomic E-state index is 12.3. The van der Waals surface area contributed by atoms with Crippen molar-refractivity contribution in [2.75, 3.05) is 6.54 Å². The zero-order valence-electron chi connectivity index (χ0n) is 18.5. The Balaban J connectivity index is 1.41. The lowest BCUT2D eigenvalue weighted by atomic mass is 9.81. The third-order valence-electron chi connectivity index (χ3n) is 6.28. The molecule has 7 heteroatoms. The minimum Gasteiger partial charge on any atom is -0.448 e. The number of carbonyl (C=O) groups is 2. The average Bonchev–Trinajstić information content (AvgIpc) is 2.98. The molecule has 2 amide bonds. The van der Waals surface area contributed by atoms with Crippen LogP contribution in [-0.2, 0) is 11.2 Å². The minimum atomic E-state index is -0.760. The van der Waals surface area contributed by atoms with Gasteiger partial charge in [0, 0.05) is 36.6 Å². The molecule has 1 saturated carbocycles. The second-order valence-corrected chi connectivity index (χ2v) is 9.78. The summed E-state index contributed by atoms with van der Waals surface area (Å²) < 4.78 is 18.0. The molecule has 0 saturated heterocycles. The van der Waals surface area contributed by atoms with Gasteiger partial charge in [-0.2, -0.15) is 0 Å². The molecule has 1 fully saturated rings. The summed E-state index contributed by atoms with van der Waals surface area (Å²) in [7, 11) is 0. The number of amides is 2. The fraction of sp³-hybridized carbons (Fsp3) is 0.652. The Morgan fingerprint density at radius 3 is 2.60 bits per heavy atom. The molecule has 2 heterocycles. The Hall–Kier alpha value is -2.44. The van der Waals surface area contributed by atoms with E-state index in [1.54, 1.807) is 0 Å². The van der Waals surface area contributed by atoms with Crippen LogP contribution in [0.1, 0.15) is 74.9 Å². The SMILES string of the molecule is Cc1c2c(cc3c1C(=O)NCC3)OC(C)([C@H]1CC[C@H](NC(=O)OC(C)(C)C)CC1)O2. The summed E-state index contributed by atoms with van der Waals surface area (Å²) in [6, 6.07) is 2.07. The number of fused-ring (bicyclic) bond motifs is 2. The van der Waals surface area contributed by atoms with Gasteiger partial charge in [-0.15, -0.1) is 0 Å². The normalized spacial score (nSPS) is 27.8. The number of alkyl carbamates (subject to hydrolysis) is 1. The van der Waals surface area contributed by atoms with Gasteiger partial charge in [0.2, 0.25) is 0 Å². The highest BCUT2D eigenvalue weighted by atomic mass is 16.7. The number of carbonyl (C=O) groups excluding carboxylic acids is 2. The molecule has 1 aliphatic carbocycles. The highest BCUT2D eigenvalue weighted by molar-refractivity contribution is 5.99. The highest BCUT2D eigenvalue weighted by Crippen LogP contribution is 2.49. The van der Waals surface area contributed by atoms with Crippen LogP contribution in [0.25, 0.3) is 0 Å². The average molecular weight is 417 g/mol. The van der Waals surface area contributed by atoms with Crippen molar-refractivity contribution < 1.29 is 23.8 Å². The molecular weight excluding hydrogens is 384 g/mol. The van der Waals surface area contributed by atoms with E-state index in [1.807, 2.05) is 40.7 Å². The van der Waals surface area contributed by atoms with Crippen LogP contribution in [0, 0.1) is 12.8 Å². The molecule has 4 rings (SSSR count). The number of benzene rings is 1. The predicted molar refractivity (Wildman–Crippen MR) is 112 cm³/mol. The predicted octanol–water partition coefficient (Wildman–Crippen LogP) is 3.85. The number of ether oxygens (including phenoxy) is 3. The molecule has 0 spiro atoms. The Kier molecular flexibility index (Phi) is 5.11. The van der Waals surface area contributed by atoms with Gasteiger partial charge < -0.3 is 24.8 Å². The molecule has 1 aromatic carbocycles. The summed E-state index contributed by atoms with van der Waals surface area (Å²) in [5.74, 6) is 0.818. The summed E-state index contributed by atoms with van der Waals surface area (Å²) in [4.78, 5) is 24.4. The topological polar surface area (TPSA) is 85.9 Å². The third-order valence-corrected chi connectivity index (χ3v) is 6.28. The molecule has 164 valence electrons. The van der Waals surface area contributed by atoms with Crippen molar-refractivity contribution in [1.29, 1.82) is 0 Å². The first-order chi connectivity index (χ1) is 14.1. The highest BCUT2D eigenvalue weighted by Gasteiger charge is 2.47. The Morgan fingerprint density at radius 1 is 1.23 bits per heavy atom. The van der Waals surface area contributed by atoms with E-state index in [9.17, 15) is 9.59 Å². The number of hydrogen-bond donors (Lipinski definition) is 2. The minimum absolute atomic E-state index is 0.0394. The molecule has 1 unspecified atom stereocenters. The Morgan fingerprint density at radius 2 is 1.93 bits per heavy atom. The molecule has 0 aromatic heterocycles. The van der Waals surface area contributed by atoms with E-state index in [1.165, 1.54) is 0 Å². The summed E-state index contributed by atoms with van der Waals surface area (Å²) in [6.07, 6.45) is 3.89. The smallest absolute Gasteiger partial charge is 0.407 e. The Bertz CT molecular complexity index is 867. The molecule has 2 aliphatic heterocycles. The van der Waals surface area contributed by atoms with Gasteiger partial charge in [0.15, 0.2) is 11.5 Å². The van der Waals surface area contributed by atoms with Gasteiger partial charge in [0.05, 0.1) is 0 Å². The second kappa shape index (κ2) is 7.36. The molecule has 0 radical (unpaired) electrons. The zero-order valence-corrected chi connectivity index (χ0v) is 18.5. The maximum atomic E-state index is 12.3. The van der Waals surface area contributed by atoms with Gasteiger partial charge in [-0.05, 0) is 71.4 Å². The summed E-state index contributed by atoms with van der Waals surface area (Å²) in [5.41, 5.74) is 2.09. The lowest BCUT2D eigenvalue weighted by Gasteiger charge is -2.37. The monoisotopic (exact) mass is 416 g/mol. The van der Waals surface area contributed by atoms with E-state index in [-0.39, 0.29) is 24.0 Å². The van der Waals surface area contributed by atoms with Crippen molar-refractivity contribution in [3.8, 4) is 11.5 Å². The molecular formula is C23H32N2O5. The van der Waals surface area contributed by atoms with Gasteiger partial charge in [0.1, 0.15) is 5.60 Å². The van der Waals surface area contributed by atoms with Gasteiger partial charge >= 0.3 is 6.09 Å². The van der Waals surface area contributed by atoms with Crippen molar-refractivity contribution in [3.05, 3.63) is 22.8 Å². The maximum Gasteiger partial charge on any atom is 0.407 e. The number of nitrogens with one attached hydrogen (secondary N) is 2. The van der Waals surface area contributed by atoms with Crippen molar-refractivity contribution in [3.63, 3.8) is 0 Å². The molecule has 30 heavy (non-hydrogen) atoms.